The minimum atomic E-state index is -0.979. The minimum absolute atomic E-state index is 0.0397. The Balaban J connectivity index is 1.61. The van der Waals surface area contributed by atoms with Gasteiger partial charge >= 0.3 is 5.97 Å². The molecule has 0 aliphatic heterocycles. The van der Waals surface area contributed by atoms with E-state index in [2.05, 4.69) is 12.1 Å². The number of hydrogen-bond acceptors (Lipinski definition) is 2. The van der Waals surface area contributed by atoms with Crippen molar-refractivity contribution >= 4 is 11.9 Å². The highest BCUT2D eigenvalue weighted by molar-refractivity contribution is 5.91. The summed E-state index contributed by atoms with van der Waals surface area (Å²) in [4.78, 5) is 26.5. The normalized spacial score (nSPS) is 18.6. The smallest absolute Gasteiger partial charge is 0.335 e. The number of carbonyl (C=O) groups is 2. The van der Waals surface area contributed by atoms with Gasteiger partial charge in [-0.1, -0.05) is 42.5 Å². The molecule has 2 aliphatic rings. The lowest BCUT2D eigenvalue weighted by Crippen LogP contribution is -2.37. The second-order valence-corrected chi connectivity index (χ2v) is 6.92. The van der Waals surface area contributed by atoms with E-state index in [0.717, 1.165) is 25.7 Å². The van der Waals surface area contributed by atoms with Gasteiger partial charge in [0, 0.05) is 6.04 Å². The maximum absolute atomic E-state index is 13.1. The lowest BCUT2D eigenvalue weighted by atomic mass is 10.0. The molecule has 1 atom stereocenters. The first-order chi connectivity index (χ1) is 12.1. The molecule has 4 nitrogen and oxygen atoms in total. The Bertz CT molecular complexity index is 825. The number of amides is 1. The van der Waals surface area contributed by atoms with E-state index < -0.39 is 5.97 Å². The van der Waals surface area contributed by atoms with Crippen LogP contribution in [0.4, 0.5) is 0 Å². The Morgan fingerprint density at radius 2 is 1.72 bits per heavy atom. The van der Waals surface area contributed by atoms with E-state index in [0.29, 0.717) is 11.6 Å². The van der Waals surface area contributed by atoms with Gasteiger partial charge in [-0.25, -0.2) is 4.79 Å². The summed E-state index contributed by atoms with van der Waals surface area (Å²) >= 11 is 0. The second-order valence-electron chi connectivity index (χ2n) is 6.92. The zero-order chi connectivity index (χ0) is 17.4. The Kier molecular flexibility index (Phi) is 4.04. The molecule has 0 heterocycles. The number of nitrogens with zero attached hydrogens (tertiary/aromatic N) is 1. The molecule has 0 saturated heterocycles. The Morgan fingerprint density at radius 3 is 2.48 bits per heavy atom. The topological polar surface area (TPSA) is 57.6 Å². The van der Waals surface area contributed by atoms with E-state index in [-0.39, 0.29) is 23.9 Å². The summed E-state index contributed by atoms with van der Waals surface area (Å²) in [6.45, 7) is 0. The fourth-order valence-corrected chi connectivity index (χ4v) is 3.95. The summed E-state index contributed by atoms with van der Waals surface area (Å²) in [5.41, 5.74) is 3.40. The molecule has 128 valence electrons. The highest BCUT2D eigenvalue weighted by Gasteiger charge is 2.40. The quantitative estimate of drug-likeness (QED) is 0.908. The van der Waals surface area contributed by atoms with Crippen molar-refractivity contribution in [1.82, 2.24) is 4.90 Å². The van der Waals surface area contributed by atoms with Crippen molar-refractivity contribution in [2.75, 3.05) is 0 Å². The van der Waals surface area contributed by atoms with Crippen LogP contribution in [0, 0.1) is 0 Å². The standard InChI is InChI=1S/C21H21NO3/c23-20(13-15-6-2-4-8-18(15)21(24)25)22(16-10-11-16)19-12-9-14-5-1-3-7-17(14)19/h1-8,16,19H,9-13H2,(H,24,25). The maximum Gasteiger partial charge on any atom is 0.335 e. The number of carbonyl (C=O) groups excluding carboxylic acids is 1. The van der Waals surface area contributed by atoms with Crippen LogP contribution in [0.3, 0.4) is 0 Å². The molecule has 1 N–H and O–H groups in total. The first-order valence-corrected chi connectivity index (χ1v) is 8.85. The average Bonchev–Trinajstić information content (AvgIpc) is 3.35. The molecule has 4 heteroatoms. The minimum Gasteiger partial charge on any atom is -0.478 e. The van der Waals surface area contributed by atoms with Gasteiger partial charge in [0.2, 0.25) is 5.91 Å². The van der Waals surface area contributed by atoms with Gasteiger partial charge in [0.05, 0.1) is 18.0 Å². The van der Waals surface area contributed by atoms with E-state index in [9.17, 15) is 14.7 Å². The van der Waals surface area contributed by atoms with Crippen molar-refractivity contribution in [2.45, 2.75) is 44.2 Å². The number of carboxylic acid groups (broad SMARTS) is 1. The number of aryl methyl sites for hydroxylation is 1. The third-order valence-electron chi connectivity index (χ3n) is 5.25. The molecule has 2 aliphatic carbocycles. The summed E-state index contributed by atoms with van der Waals surface area (Å²) in [6, 6.07) is 15.6. The van der Waals surface area contributed by atoms with E-state index >= 15 is 0 Å². The van der Waals surface area contributed by atoms with Crippen LogP contribution in [0.2, 0.25) is 0 Å². The fourth-order valence-electron chi connectivity index (χ4n) is 3.95. The summed E-state index contributed by atoms with van der Waals surface area (Å²) in [7, 11) is 0. The van der Waals surface area contributed by atoms with Gasteiger partial charge in [0.1, 0.15) is 0 Å². The summed E-state index contributed by atoms with van der Waals surface area (Å²) in [5.74, 6) is -0.939. The molecule has 1 saturated carbocycles. The van der Waals surface area contributed by atoms with Crippen LogP contribution in [-0.2, 0) is 17.6 Å². The van der Waals surface area contributed by atoms with Crippen molar-refractivity contribution in [3.8, 4) is 0 Å². The summed E-state index contributed by atoms with van der Waals surface area (Å²) in [6.07, 6.45) is 4.21. The van der Waals surface area contributed by atoms with Crippen LogP contribution in [-0.4, -0.2) is 27.9 Å². The highest BCUT2D eigenvalue weighted by atomic mass is 16.4. The third kappa shape index (κ3) is 3.04. The zero-order valence-electron chi connectivity index (χ0n) is 14.0. The monoisotopic (exact) mass is 335 g/mol. The third-order valence-corrected chi connectivity index (χ3v) is 5.25. The first-order valence-electron chi connectivity index (χ1n) is 8.85. The van der Waals surface area contributed by atoms with Crippen molar-refractivity contribution in [1.29, 1.82) is 0 Å². The fraction of sp³-hybridized carbons (Fsp3) is 0.333. The molecular formula is C21H21NO3. The van der Waals surface area contributed by atoms with Crippen LogP contribution in [0.1, 0.15) is 52.4 Å². The molecule has 1 amide bonds. The molecule has 0 bridgehead atoms. The molecule has 4 rings (SSSR count). The maximum atomic E-state index is 13.1. The van der Waals surface area contributed by atoms with Gasteiger partial charge in [-0.05, 0) is 48.4 Å². The first kappa shape index (κ1) is 15.9. The molecular weight excluding hydrogens is 314 g/mol. The molecule has 1 unspecified atom stereocenters. The second kappa shape index (κ2) is 6.36. The Hall–Kier alpha value is -2.62. The van der Waals surface area contributed by atoms with Crippen LogP contribution < -0.4 is 0 Å². The van der Waals surface area contributed by atoms with Gasteiger partial charge < -0.3 is 10.0 Å². The predicted octanol–water partition coefficient (Wildman–Crippen LogP) is 3.61. The number of carboxylic acids is 1. The van der Waals surface area contributed by atoms with Gasteiger partial charge in [0.15, 0.2) is 0 Å². The zero-order valence-corrected chi connectivity index (χ0v) is 14.0. The van der Waals surface area contributed by atoms with Crippen LogP contribution in [0.15, 0.2) is 48.5 Å². The number of aromatic carboxylic acids is 1. The molecule has 25 heavy (non-hydrogen) atoms. The molecule has 1 fully saturated rings. The number of hydrogen-bond donors (Lipinski definition) is 1. The van der Waals surface area contributed by atoms with E-state index in [1.165, 1.54) is 11.1 Å². The Labute approximate surface area is 147 Å². The van der Waals surface area contributed by atoms with Gasteiger partial charge in [-0.15, -0.1) is 0 Å². The molecule has 2 aromatic rings. The van der Waals surface area contributed by atoms with E-state index in [1.807, 2.05) is 17.0 Å². The van der Waals surface area contributed by atoms with Crippen LogP contribution >= 0.6 is 0 Å². The number of benzene rings is 2. The van der Waals surface area contributed by atoms with Gasteiger partial charge in [0.25, 0.3) is 0 Å². The Morgan fingerprint density at radius 1 is 1.00 bits per heavy atom. The number of rotatable bonds is 5. The average molecular weight is 335 g/mol. The van der Waals surface area contributed by atoms with Gasteiger partial charge in [-0.2, -0.15) is 0 Å². The van der Waals surface area contributed by atoms with Crippen molar-refractivity contribution < 1.29 is 14.7 Å². The van der Waals surface area contributed by atoms with Crippen molar-refractivity contribution in [2.24, 2.45) is 0 Å². The molecule has 0 aromatic heterocycles. The van der Waals surface area contributed by atoms with Gasteiger partial charge in [-0.3, -0.25) is 4.79 Å². The molecule has 0 radical (unpaired) electrons. The largest absolute Gasteiger partial charge is 0.478 e. The molecule has 2 aromatic carbocycles. The lowest BCUT2D eigenvalue weighted by Gasteiger charge is -2.30. The highest BCUT2D eigenvalue weighted by Crippen LogP contribution is 2.42. The van der Waals surface area contributed by atoms with E-state index in [4.69, 9.17) is 0 Å². The van der Waals surface area contributed by atoms with Crippen molar-refractivity contribution in [3.05, 3.63) is 70.8 Å². The van der Waals surface area contributed by atoms with E-state index in [1.54, 1.807) is 24.3 Å². The molecule has 0 spiro atoms. The van der Waals surface area contributed by atoms with Crippen LogP contribution in [0.5, 0.6) is 0 Å². The van der Waals surface area contributed by atoms with Crippen molar-refractivity contribution in [3.63, 3.8) is 0 Å². The van der Waals surface area contributed by atoms with Crippen LogP contribution in [0.25, 0.3) is 0 Å². The summed E-state index contributed by atoms with van der Waals surface area (Å²) in [5, 5.41) is 9.36. The summed E-state index contributed by atoms with van der Waals surface area (Å²) < 4.78 is 0. The number of fused-ring (bicyclic) bond motifs is 1. The SMILES string of the molecule is O=C(O)c1ccccc1CC(=O)N(C1CC1)C1CCc2ccccc21. The predicted molar refractivity (Wildman–Crippen MR) is 94.5 cm³/mol. The lowest BCUT2D eigenvalue weighted by molar-refractivity contribution is -0.133.